The number of hydrogen-bond donors (Lipinski definition) is 4. The van der Waals surface area contributed by atoms with Crippen LogP contribution in [0.5, 0.6) is 11.5 Å². The van der Waals surface area contributed by atoms with Crippen LogP contribution in [0, 0.1) is 11.8 Å². The van der Waals surface area contributed by atoms with Gasteiger partial charge in [-0.25, -0.2) is 0 Å². The number of rotatable bonds is 12. The number of ether oxygens (including phenoxy) is 2. The van der Waals surface area contributed by atoms with Crippen LogP contribution in [0.4, 0.5) is 5.69 Å². The van der Waals surface area contributed by atoms with E-state index >= 15 is 0 Å². The third-order valence-electron chi connectivity index (χ3n) is 7.44. The van der Waals surface area contributed by atoms with E-state index in [9.17, 15) is 24.6 Å². The van der Waals surface area contributed by atoms with Gasteiger partial charge in [0.2, 0.25) is 25.6 Å². The Morgan fingerprint density at radius 1 is 0.959 bits per heavy atom. The normalized spacial score (nSPS) is 15.7. The third-order valence-corrected chi connectivity index (χ3v) is 8.88. The molecular formula is C37H34BN3O7S. The molecule has 5 rings (SSSR count). The molecule has 4 aromatic rings. The Hall–Kier alpha value is -5.22. The summed E-state index contributed by atoms with van der Waals surface area (Å²) in [5.74, 6) is 2.57. The minimum atomic E-state index is -2.86. The third kappa shape index (κ3) is 9.45. The molecule has 0 saturated carbocycles. The van der Waals surface area contributed by atoms with Crippen molar-refractivity contribution in [1.82, 2.24) is 5.32 Å². The number of benzene rings is 4. The van der Waals surface area contributed by atoms with Crippen molar-refractivity contribution in [2.75, 3.05) is 18.1 Å². The van der Waals surface area contributed by atoms with Gasteiger partial charge in [-0.2, -0.15) is 0 Å². The maximum Gasteiger partial charge on any atom is 0.259 e. The standard InChI is InChI=1S/C37H34BN3O7S/c1-2-47-31-21-26(15-18-30(31)48-37(38,45)46)19-20-40-33(42)23-32-35(44)41(29-10-6-9-28(22-29)34(39)43)36(49-32)27-16-13-25(14-17-27)12-11-24-7-4-3-5-8-24/h3-10,13-18,21-22,32,36,45-46H,2,19-20,23H2,1H3,(H2,39,43)(H,40,42)/t32-,36+/m1/s1. The average molecular weight is 676 g/mol. The van der Waals surface area contributed by atoms with Gasteiger partial charge in [0.15, 0.2) is 11.5 Å². The van der Waals surface area contributed by atoms with Crippen LogP contribution < -0.4 is 25.4 Å². The fourth-order valence-electron chi connectivity index (χ4n) is 5.19. The van der Waals surface area contributed by atoms with Crippen molar-refractivity contribution in [2.24, 2.45) is 5.73 Å². The molecule has 0 spiro atoms. The van der Waals surface area contributed by atoms with Gasteiger partial charge in [-0.15, -0.1) is 11.8 Å². The van der Waals surface area contributed by atoms with Gasteiger partial charge >= 0.3 is 0 Å². The van der Waals surface area contributed by atoms with Crippen LogP contribution >= 0.6 is 11.8 Å². The van der Waals surface area contributed by atoms with Gasteiger partial charge in [0.25, 0.3) is 5.87 Å². The molecule has 248 valence electrons. The Morgan fingerprint density at radius 2 is 1.67 bits per heavy atom. The number of carbonyl (C=O) groups excluding carboxylic acids is 3. The van der Waals surface area contributed by atoms with Crippen LogP contribution in [-0.4, -0.2) is 60.1 Å². The van der Waals surface area contributed by atoms with Gasteiger partial charge in [-0.3, -0.25) is 19.3 Å². The zero-order valence-electron chi connectivity index (χ0n) is 26.7. The van der Waals surface area contributed by atoms with Crippen molar-refractivity contribution in [1.29, 1.82) is 0 Å². The Morgan fingerprint density at radius 3 is 2.35 bits per heavy atom. The zero-order valence-corrected chi connectivity index (χ0v) is 27.5. The van der Waals surface area contributed by atoms with Crippen molar-refractivity contribution < 1.29 is 34.1 Å². The van der Waals surface area contributed by atoms with Crippen LogP contribution in [0.1, 0.15) is 51.3 Å². The van der Waals surface area contributed by atoms with Crippen LogP contribution in [0.2, 0.25) is 0 Å². The van der Waals surface area contributed by atoms with Crippen molar-refractivity contribution in [2.45, 2.75) is 36.3 Å². The lowest BCUT2D eigenvalue weighted by Gasteiger charge is -2.24. The minimum absolute atomic E-state index is 0.0501. The molecule has 1 aliphatic rings. The van der Waals surface area contributed by atoms with Crippen molar-refractivity contribution >= 4 is 43.0 Å². The number of nitrogens with one attached hydrogen (secondary N) is 1. The highest BCUT2D eigenvalue weighted by Crippen LogP contribution is 2.46. The largest absolute Gasteiger partial charge is 0.490 e. The molecule has 0 bridgehead atoms. The average Bonchev–Trinajstić information content (AvgIpc) is 3.40. The quantitative estimate of drug-likeness (QED) is 0.101. The first kappa shape index (κ1) is 35.1. The van der Waals surface area contributed by atoms with E-state index in [1.54, 1.807) is 48.2 Å². The Kier molecular flexibility index (Phi) is 11.3. The van der Waals surface area contributed by atoms with Crippen LogP contribution in [0.15, 0.2) is 97.1 Å². The molecule has 2 atom stereocenters. The number of thioether (sulfide) groups is 1. The van der Waals surface area contributed by atoms with Crippen molar-refractivity contribution in [3.05, 3.63) is 125 Å². The zero-order chi connectivity index (χ0) is 35.0. The second-order valence-corrected chi connectivity index (χ2v) is 12.4. The molecule has 1 heterocycles. The molecule has 4 aromatic carbocycles. The van der Waals surface area contributed by atoms with E-state index in [1.165, 1.54) is 17.8 Å². The summed E-state index contributed by atoms with van der Waals surface area (Å²) < 4.78 is 10.5. The number of carbonyl (C=O) groups is 3. The lowest BCUT2D eigenvalue weighted by molar-refractivity contribution is -0.224. The molecule has 10 nitrogen and oxygen atoms in total. The molecule has 12 heteroatoms. The maximum absolute atomic E-state index is 13.9. The number of primary amides is 1. The SMILES string of the molecule is [B]C(O)(O)Oc1ccc(CCNC(=O)C[C@H]2S[C@@H](c3ccc(C#Cc4ccccc4)cc3)N(c3cccc(C(N)=O)c3)C2=O)cc1OCC. The Bertz CT molecular complexity index is 1870. The lowest BCUT2D eigenvalue weighted by atomic mass is 10.1. The van der Waals surface area contributed by atoms with Crippen LogP contribution in [0.3, 0.4) is 0 Å². The molecule has 1 saturated heterocycles. The number of aliphatic hydroxyl groups is 2. The van der Waals surface area contributed by atoms with Gasteiger partial charge in [0.05, 0.1) is 11.9 Å². The predicted octanol–water partition coefficient (Wildman–Crippen LogP) is 3.62. The first-order valence-corrected chi connectivity index (χ1v) is 16.5. The van der Waals surface area contributed by atoms with E-state index in [0.717, 1.165) is 22.3 Å². The summed E-state index contributed by atoms with van der Waals surface area (Å²) in [6.45, 7) is 2.34. The molecule has 5 N–H and O–H groups in total. The van der Waals surface area contributed by atoms with Crippen LogP contribution in [0.25, 0.3) is 0 Å². The highest BCUT2D eigenvalue weighted by atomic mass is 32.2. The summed E-state index contributed by atoms with van der Waals surface area (Å²) >= 11 is 1.36. The van der Waals surface area contributed by atoms with Gasteiger partial charge in [0.1, 0.15) is 5.37 Å². The maximum atomic E-state index is 13.9. The summed E-state index contributed by atoms with van der Waals surface area (Å²) in [6.07, 6.45) is 0.368. The second-order valence-electron chi connectivity index (χ2n) is 11.1. The van der Waals surface area contributed by atoms with E-state index in [0.29, 0.717) is 18.7 Å². The fraction of sp³-hybridized carbons (Fsp3) is 0.216. The van der Waals surface area contributed by atoms with E-state index in [4.69, 9.17) is 23.1 Å². The van der Waals surface area contributed by atoms with Gasteiger partial charge in [-0.1, -0.05) is 54.3 Å². The number of nitrogens with two attached hydrogens (primary N) is 1. The van der Waals surface area contributed by atoms with Crippen molar-refractivity contribution in [3.63, 3.8) is 0 Å². The first-order valence-electron chi connectivity index (χ1n) is 15.5. The number of hydrogen-bond acceptors (Lipinski definition) is 8. The van der Waals surface area contributed by atoms with E-state index in [1.807, 2.05) is 54.6 Å². The Balaban J connectivity index is 1.28. The molecule has 1 aliphatic heterocycles. The highest BCUT2D eigenvalue weighted by Gasteiger charge is 2.43. The van der Waals surface area contributed by atoms with Gasteiger partial charge in [-0.05, 0) is 79.1 Å². The van der Waals surface area contributed by atoms with E-state index in [-0.39, 0.29) is 41.8 Å². The molecule has 1 fully saturated rings. The smallest absolute Gasteiger partial charge is 0.259 e. The second kappa shape index (κ2) is 15.8. The summed E-state index contributed by atoms with van der Waals surface area (Å²) in [6, 6.07) is 28.7. The van der Waals surface area contributed by atoms with Gasteiger partial charge in [0, 0.05) is 35.3 Å². The van der Waals surface area contributed by atoms with E-state index in [2.05, 4.69) is 17.2 Å². The topological polar surface area (TPSA) is 151 Å². The summed E-state index contributed by atoms with van der Waals surface area (Å²) in [4.78, 5) is 40.5. The molecule has 0 unspecified atom stereocenters. The molecule has 2 radical (unpaired) electrons. The van der Waals surface area contributed by atoms with Crippen LogP contribution in [-0.2, 0) is 16.0 Å². The number of anilines is 1. The molecule has 49 heavy (non-hydrogen) atoms. The minimum Gasteiger partial charge on any atom is -0.490 e. The van der Waals surface area contributed by atoms with Gasteiger partial charge < -0.3 is 30.7 Å². The molecule has 3 amide bonds. The number of nitrogens with zero attached hydrogens (tertiary/aromatic N) is 1. The Labute approximate surface area is 290 Å². The molecular weight excluding hydrogens is 641 g/mol. The lowest BCUT2D eigenvalue weighted by Crippen LogP contribution is -2.35. The summed E-state index contributed by atoms with van der Waals surface area (Å²) in [5, 5.41) is 20.5. The summed E-state index contributed by atoms with van der Waals surface area (Å²) in [7, 11) is 5.13. The summed E-state index contributed by atoms with van der Waals surface area (Å²) in [5.41, 5.74) is 9.64. The molecule has 0 aliphatic carbocycles. The van der Waals surface area contributed by atoms with E-state index < -0.39 is 22.4 Å². The molecule has 0 aromatic heterocycles. The predicted molar refractivity (Wildman–Crippen MR) is 188 cm³/mol. The fourth-order valence-corrected chi connectivity index (χ4v) is 6.64. The monoisotopic (exact) mass is 675 g/mol. The van der Waals surface area contributed by atoms with Crippen molar-refractivity contribution in [3.8, 4) is 23.3 Å². The first-order chi connectivity index (χ1) is 23.5. The number of amides is 3. The highest BCUT2D eigenvalue weighted by molar-refractivity contribution is 8.01.